The molecule has 0 fully saturated rings. The molecular weight excluding hydrogens is 455 g/mol. The van der Waals surface area contributed by atoms with Crippen molar-refractivity contribution in [1.29, 1.82) is 0 Å². The molecular formula is C34H49OP. The molecule has 1 nitrogen and oxygen atoms in total. The molecule has 0 aromatic heterocycles. The van der Waals surface area contributed by atoms with E-state index in [1.165, 1.54) is 93.0 Å². The normalized spacial score (nSPS) is 12.8. The Morgan fingerprint density at radius 1 is 0.444 bits per heavy atom. The summed E-state index contributed by atoms with van der Waals surface area (Å²) in [6, 6.07) is 33.4. The Balaban J connectivity index is 1.75. The Hall–Kier alpha value is -1.95. The molecule has 0 N–H and O–H groups in total. The summed E-state index contributed by atoms with van der Waals surface area (Å²) < 4.78 is 7.21. The third kappa shape index (κ3) is 6.87. The van der Waals surface area contributed by atoms with E-state index in [1.54, 1.807) is 0 Å². The van der Waals surface area contributed by atoms with Gasteiger partial charge in [0.05, 0.1) is 0 Å². The van der Waals surface area contributed by atoms with E-state index in [1.807, 2.05) is 0 Å². The zero-order valence-electron chi connectivity index (χ0n) is 22.9. The summed E-state index contributed by atoms with van der Waals surface area (Å²) in [6.45, 7) is 2.07. The second kappa shape index (κ2) is 15.3. The fraction of sp³-hybridized carbons (Fsp3) is 0.471. The van der Waals surface area contributed by atoms with Crippen molar-refractivity contribution >= 4 is 22.7 Å². The summed E-state index contributed by atoms with van der Waals surface area (Å²) in [7, 11) is 0. The van der Waals surface area contributed by atoms with Gasteiger partial charge >= 0.3 is 209 Å². The van der Waals surface area contributed by atoms with Crippen LogP contribution < -0.4 is 15.9 Å². The number of benzene rings is 3. The van der Waals surface area contributed by atoms with Crippen LogP contribution in [0.25, 0.3) is 0 Å². The van der Waals surface area contributed by atoms with E-state index in [0.717, 1.165) is 6.16 Å². The van der Waals surface area contributed by atoms with E-state index >= 15 is 0 Å². The molecule has 0 saturated heterocycles. The second-order valence-electron chi connectivity index (χ2n) is 10.2. The Kier molecular flexibility index (Phi) is 12.2. The average molecular weight is 505 g/mol. The molecule has 3 rings (SSSR count). The van der Waals surface area contributed by atoms with E-state index in [2.05, 4.69) is 105 Å². The van der Waals surface area contributed by atoms with Gasteiger partial charge in [0, 0.05) is 0 Å². The summed E-state index contributed by atoms with van der Waals surface area (Å²) in [4.78, 5) is 0. The summed E-state index contributed by atoms with van der Waals surface area (Å²) >= 11 is 0. The molecule has 3 aromatic rings. The molecule has 0 amide bonds. The first-order valence-electron chi connectivity index (χ1n) is 14.6. The molecule has 0 aliphatic heterocycles. The van der Waals surface area contributed by atoms with Crippen LogP contribution in [0.1, 0.15) is 90.9 Å². The maximum absolute atomic E-state index is 7.21. The molecule has 0 heterocycles. The van der Waals surface area contributed by atoms with Gasteiger partial charge in [-0.3, -0.25) is 0 Å². The molecule has 0 saturated carbocycles. The zero-order valence-corrected chi connectivity index (χ0v) is 23.8. The van der Waals surface area contributed by atoms with Crippen LogP contribution in [0.2, 0.25) is 0 Å². The number of hydrogen-bond acceptors (Lipinski definition) is 1. The quantitative estimate of drug-likeness (QED) is 0.124. The molecule has 0 atom stereocenters. The van der Waals surface area contributed by atoms with E-state index in [0.29, 0.717) is 6.61 Å². The number of unbranched alkanes of at least 4 members (excludes halogenated alkanes) is 11. The monoisotopic (exact) mass is 504 g/mol. The van der Waals surface area contributed by atoms with Crippen molar-refractivity contribution in [2.45, 2.75) is 90.9 Å². The van der Waals surface area contributed by atoms with Crippen LogP contribution in [0.4, 0.5) is 0 Å². The molecule has 0 unspecified atom stereocenters. The zero-order chi connectivity index (χ0) is 25.4. The molecule has 3 aromatic carbocycles. The molecule has 0 aliphatic rings. The van der Waals surface area contributed by atoms with Crippen LogP contribution in [-0.2, 0) is 4.52 Å². The van der Waals surface area contributed by atoms with Gasteiger partial charge in [-0.1, -0.05) is 13.3 Å². The van der Waals surface area contributed by atoms with Crippen LogP contribution in [0.3, 0.4) is 0 Å². The van der Waals surface area contributed by atoms with Crippen LogP contribution in [0, 0.1) is 0 Å². The van der Waals surface area contributed by atoms with Gasteiger partial charge in [-0.2, -0.15) is 0 Å². The fourth-order valence-electron chi connectivity index (χ4n) is 5.89. The molecule has 196 valence electrons. The van der Waals surface area contributed by atoms with E-state index < -0.39 is 6.83 Å². The van der Waals surface area contributed by atoms with Gasteiger partial charge in [0.25, 0.3) is 0 Å². The standard InChI is InChI=1S/C34H49OP/c1-3-5-6-7-8-9-10-11-12-13-14-24-31-36(35-4-2,32-25-18-15-19-26-32,33-27-20-16-21-28-33)34-29-22-17-23-30-34/h15-23,25-30H,3-14,24,31H2,1-2H3. The Morgan fingerprint density at radius 2 is 0.778 bits per heavy atom. The van der Waals surface area contributed by atoms with Crippen molar-refractivity contribution in [2.75, 3.05) is 12.8 Å². The third-order valence-electron chi connectivity index (χ3n) is 7.76. The third-order valence-corrected chi connectivity index (χ3v) is 13.9. The van der Waals surface area contributed by atoms with Gasteiger partial charge in [-0.15, -0.1) is 0 Å². The topological polar surface area (TPSA) is 9.23 Å². The Morgan fingerprint density at radius 3 is 1.11 bits per heavy atom. The number of rotatable bonds is 18. The molecule has 0 radical (unpaired) electrons. The van der Waals surface area contributed by atoms with Gasteiger partial charge in [-0.05, 0) is 0 Å². The van der Waals surface area contributed by atoms with Gasteiger partial charge in [0.1, 0.15) is 0 Å². The fourth-order valence-corrected chi connectivity index (χ4v) is 11.9. The first-order valence-corrected chi connectivity index (χ1v) is 16.9. The van der Waals surface area contributed by atoms with E-state index in [9.17, 15) is 0 Å². The Bertz CT molecular complexity index is 855. The van der Waals surface area contributed by atoms with Crippen molar-refractivity contribution in [3.63, 3.8) is 0 Å². The van der Waals surface area contributed by atoms with Gasteiger partial charge in [0.2, 0.25) is 0 Å². The summed E-state index contributed by atoms with van der Waals surface area (Å²) in [6.07, 6.45) is 17.4. The van der Waals surface area contributed by atoms with Crippen LogP contribution >= 0.6 is 6.83 Å². The predicted molar refractivity (Wildman–Crippen MR) is 163 cm³/mol. The van der Waals surface area contributed by atoms with Crippen LogP contribution in [0.5, 0.6) is 0 Å². The van der Waals surface area contributed by atoms with Crippen LogP contribution in [-0.4, -0.2) is 12.8 Å². The van der Waals surface area contributed by atoms with Gasteiger partial charge in [0.15, 0.2) is 0 Å². The Labute approximate surface area is 221 Å². The minimum atomic E-state index is -3.09. The summed E-state index contributed by atoms with van der Waals surface area (Å²) in [5.74, 6) is 0. The van der Waals surface area contributed by atoms with Crippen molar-refractivity contribution in [2.24, 2.45) is 0 Å². The van der Waals surface area contributed by atoms with Crippen molar-refractivity contribution in [1.82, 2.24) is 0 Å². The minimum absolute atomic E-state index is 0.703. The molecule has 36 heavy (non-hydrogen) atoms. The van der Waals surface area contributed by atoms with Crippen molar-refractivity contribution in [3.05, 3.63) is 91.0 Å². The van der Waals surface area contributed by atoms with Crippen LogP contribution in [0.15, 0.2) is 91.0 Å². The van der Waals surface area contributed by atoms with Crippen molar-refractivity contribution < 1.29 is 4.52 Å². The molecule has 0 bridgehead atoms. The maximum atomic E-state index is 7.21. The predicted octanol–water partition coefficient (Wildman–Crippen LogP) is 9.17. The van der Waals surface area contributed by atoms with E-state index in [4.69, 9.17) is 4.52 Å². The van der Waals surface area contributed by atoms with Crippen molar-refractivity contribution in [3.8, 4) is 0 Å². The first-order chi connectivity index (χ1) is 17.8. The SMILES string of the molecule is CCCCCCCCCCCCCCP(OCC)(c1ccccc1)(c1ccccc1)c1ccccc1. The van der Waals surface area contributed by atoms with E-state index in [-0.39, 0.29) is 0 Å². The molecule has 0 spiro atoms. The second-order valence-corrected chi connectivity index (χ2v) is 14.9. The number of hydrogen-bond donors (Lipinski definition) is 0. The first kappa shape index (κ1) is 28.6. The summed E-state index contributed by atoms with van der Waals surface area (Å²) in [5, 5.41) is 4.06. The average Bonchev–Trinajstić information content (AvgIpc) is 2.94. The van der Waals surface area contributed by atoms with Gasteiger partial charge < -0.3 is 0 Å². The molecule has 2 heteroatoms. The molecule has 0 aliphatic carbocycles. The summed E-state index contributed by atoms with van der Waals surface area (Å²) in [5.41, 5.74) is 0. The van der Waals surface area contributed by atoms with Gasteiger partial charge in [-0.25, -0.2) is 0 Å².